The lowest BCUT2D eigenvalue weighted by Gasteiger charge is -2.35. The van der Waals surface area contributed by atoms with Crippen molar-refractivity contribution in [2.75, 3.05) is 0 Å². The first-order valence-electron chi connectivity index (χ1n) is 11.4. The van der Waals surface area contributed by atoms with Crippen LogP contribution in [0.2, 0.25) is 5.02 Å². The predicted octanol–water partition coefficient (Wildman–Crippen LogP) is 6.36. The van der Waals surface area contributed by atoms with Crippen molar-refractivity contribution in [1.82, 2.24) is 9.88 Å². The highest BCUT2D eigenvalue weighted by Gasteiger charge is 2.33. The van der Waals surface area contributed by atoms with Gasteiger partial charge < -0.3 is 5.32 Å². The second-order valence-corrected chi connectivity index (χ2v) is 9.17. The fraction of sp³-hybridized carbons (Fsp3) is 0.214. The van der Waals surface area contributed by atoms with Gasteiger partial charge in [-0.1, -0.05) is 66.6 Å². The maximum Gasteiger partial charge on any atom is 0.264 e. The van der Waals surface area contributed by atoms with E-state index < -0.39 is 6.04 Å². The Bertz CT molecular complexity index is 1440. The van der Waals surface area contributed by atoms with Crippen molar-refractivity contribution >= 4 is 28.3 Å². The Balaban J connectivity index is 1.68. The van der Waals surface area contributed by atoms with Gasteiger partial charge in [0, 0.05) is 22.3 Å². The predicted molar refractivity (Wildman–Crippen MR) is 133 cm³/mol. The van der Waals surface area contributed by atoms with Crippen molar-refractivity contribution in [2.24, 2.45) is 5.92 Å². The minimum absolute atomic E-state index is 0.163. The smallest absolute Gasteiger partial charge is 0.264 e. The highest BCUT2D eigenvalue weighted by Crippen LogP contribution is 2.39. The quantitative estimate of drug-likeness (QED) is 0.365. The third-order valence-corrected chi connectivity index (χ3v) is 7.10. The maximum atomic E-state index is 14.7. The van der Waals surface area contributed by atoms with Gasteiger partial charge in [-0.3, -0.25) is 14.2 Å². The number of hydrogen-bond acceptors (Lipinski definition) is 2. The van der Waals surface area contributed by atoms with Crippen molar-refractivity contribution < 1.29 is 9.18 Å². The van der Waals surface area contributed by atoms with Crippen LogP contribution in [-0.4, -0.2) is 10.5 Å². The molecule has 1 atom stereocenters. The number of pyridine rings is 1. The molecule has 3 aromatic carbocycles. The lowest BCUT2D eigenvalue weighted by molar-refractivity contribution is 0.0899. The highest BCUT2D eigenvalue weighted by molar-refractivity contribution is 6.36. The second-order valence-electron chi connectivity index (χ2n) is 8.76. The summed E-state index contributed by atoms with van der Waals surface area (Å²) in [5.41, 5.74) is 1.71. The van der Waals surface area contributed by atoms with E-state index in [1.807, 2.05) is 30.3 Å². The van der Waals surface area contributed by atoms with Gasteiger partial charge in [0.05, 0.1) is 22.0 Å². The summed E-state index contributed by atoms with van der Waals surface area (Å²) < 4.78 is 16.2. The number of nitrogens with one attached hydrogen (secondary N) is 1. The van der Waals surface area contributed by atoms with Crippen LogP contribution in [0.25, 0.3) is 16.5 Å². The van der Waals surface area contributed by atoms with Crippen LogP contribution in [0, 0.1) is 18.7 Å². The summed E-state index contributed by atoms with van der Waals surface area (Å²) in [5.74, 6) is -0.524. The molecule has 0 radical (unpaired) electrons. The SMILES string of the molecule is Cc1c(C(=O)NC(c2ccccc2F)C2CCC2)c2cccc(Cl)c2c(=O)n1-c1ccccc1. The Morgan fingerprint density at radius 2 is 1.74 bits per heavy atom. The van der Waals surface area contributed by atoms with E-state index in [2.05, 4.69) is 5.32 Å². The molecule has 1 N–H and O–H groups in total. The topological polar surface area (TPSA) is 51.1 Å². The molecule has 6 heteroatoms. The number of hydrogen-bond donors (Lipinski definition) is 1. The van der Waals surface area contributed by atoms with Crippen molar-refractivity contribution in [3.8, 4) is 5.69 Å². The van der Waals surface area contributed by atoms with Gasteiger partial charge >= 0.3 is 0 Å². The zero-order valence-electron chi connectivity index (χ0n) is 18.7. The number of benzene rings is 3. The van der Waals surface area contributed by atoms with Crippen molar-refractivity contribution in [1.29, 1.82) is 0 Å². The summed E-state index contributed by atoms with van der Waals surface area (Å²) in [6.45, 7) is 1.76. The average Bonchev–Trinajstić information content (AvgIpc) is 2.78. The van der Waals surface area contributed by atoms with Gasteiger partial charge in [-0.2, -0.15) is 0 Å². The summed E-state index contributed by atoms with van der Waals surface area (Å²) in [6.07, 6.45) is 2.91. The van der Waals surface area contributed by atoms with Gasteiger partial charge in [-0.25, -0.2) is 4.39 Å². The monoisotopic (exact) mass is 474 g/mol. The molecular weight excluding hydrogens is 451 g/mol. The molecule has 1 aliphatic carbocycles. The standard InChI is InChI=1S/C28H24ClFN2O2/c1-17-24(27(33)31-26(18-9-7-10-18)20-13-5-6-16-23(20)30)21-14-8-15-22(29)25(21)28(34)32(17)19-11-3-2-4-12-19/h2-6,8,11-16,18,26H,7,9-10H2,1H3,(H,31,33). The first kappa shape index (κ1) is 22.4. The summed E-state index contributed by atoms with van der Waals surface area (Å²) in [6, 6.07) is 20.4. The molecule has 5 rings (SSSR count). The molecule has 0 spiro atoms. The fourth-order valence-electron chi connectivity index (χ4n) is 4.86. The highest BCUT2D eigenvalue weighted by atomic mass is 35.5. The number of carbonyl (C=O) groups is 1. The largest absolute Gasteiger partial charge is 0.345 e. The molecule has 0 saturated heterocycles. The lowest BCUT2D eigenvalue weighted by atomic mass is 9.77. The Hall–Kier alpha value is -3.44. The Kier molecular flexibility index (Phi) is 5.96. The number of nitrogens with zero attached hydrogens (tertiary/aromatic N) is 1. The van der Waals surface area contributed by atoms with Crippen LogP contribution in [0.15, 0.2) is 77.6 Å². The molecular formula is C28H24ClFN2O2. The molecule has 1 amide bonds. The Morgan fingerprint density at radius 3 is 2.41 bits per heavy atom. The molecule has 1 aliphatic rings. The number of amides is 1. The van der Waals surface area contributed by atoms with Crippen LogP contribution in [0.5, 0.6) is 0 Å². The van der Waals surface area contributed by atoms with Gasteiger partial charge in [0.1, 0.15) is 5.82 Å². The minimum Gasteiger partial charge on any atom is -0.345 e. The van der Waals surface area contributed by atoms with Gasteiger partial charge in [0.25, 0.3) is 11.5 Å². The van der Waals surface area contributed by atoms with Crippen LogP contribution in [0.1, 0.15) is 46.9 Å². The summed E-state index contributed by atoms with van der Waals surface area (Å²) in [5, 5.41) is 4.16. The molecule has 1 fully saturated rings. The second kappa shape index (κ2) is 9.07. The van der Waals surface area contributed by atoms with Crippen LogP contribution >= 0.6 is 11.6 Å². The van der Waals surface area contributed by atoms with E-state index in [1.54, 1.807) is 43.3 Å². The summed E-state index contributed by atoms with van der Waals surface area (Å²) in [4.78, 5) is 27.3. The molecule has 4 nitrogen and oxygen atoms in total. The molecule has 1 unspecified atom stereocenters. The molecule has 1 heterocycles. The first-order chi connectivity index (χ1) is 16.5. The van der Waals surface area contributed by atoms with E-state index in [1.165, 1.54) is 10.6 Å². The van der Waals surface area contributed by atoms with E-state index in [4.69, 9.17) is 11.6 Å². The number of aromatic nitrogens is 1. The number of carbonyl (C=O) groups excluding carboxylic acids is 1. The number of halogens is 2. The average molecular weight is 475 g/mol. The van der Waals surface area contributed by atoms with E-state index in [9.17, 15) is 14.0 Å². The molecule has 4 aromatic rings. The van der Waals surface area contributed by atoms with E-state index in [0.29, 0.717) is 27.9 Å². The van der Waals surface area contributed by atoms with Gasteiger partial charge in [0.2, 0.25) is 0 Å². The third kappa shape index (κ3) is 3.80. The van der Waals surface area contributed by atoms with Crippen LogP contribution in [0.3, 0.4) is 0 Å². The van der Waals surface area contributed by atoms with E-state index in [0.717, 1.165) is 19.3 Å². The molecule has 1 aromatic heterocycles. The van der Waals surface area contributed by atoms with Crippen molar-refractivity contribution in [2.45, 2.75) is 32.2 Å². The normalized spacial score (nSPS) is 14.6. The van der Waals surface area contributed by atoms with Gasteiger partial charge in [-0.15, -0.1) is 0 Å². The van der Waals surface area contributed by atoms with Crippen molar-refractivity contribution in [3.05, 3.63) is 111 Å². The number of para-hydroxylation sites is 1. The fourth-order valence-corrected chi connectivity index (χ4v) is 5.11. The summed E-state index contributed by atoms with van der Waals surface area (Å²) in [7, 11) is 0. The molecule has 172 valence electrons. The van der Waals surface area contributed by atoms with Crippen LogP contribution in [-0.2, 0) is 0 Å². The molecule has 34 heavy (non-hydrogen) atoms. The summed E-state index contributed by atoms with van der Waals surface area (Å²) >= 11 is 6.46. The van der Waals surface area contributed by atoms with E-state index in [-0.39, 0.29) is 33.6 Å². The van der Waals surface area contributed by atoms with Crippen LogP contribution in [0.4, 0.5) is 4.39 Å². The minimum atomic E-state index is -0.451. The first-order valence-corrected chi connectivity index (χ1v) is 11.8. The Morgan fingerprint density at radius 1 is 1.03 bits per heavy atom. The lowest BCUT2D eigenvalue weighted by Crippen LogP contribution is -2.38. The molecule has 0 bridgehead atoms. The van der Waals surface area contributed by atoms with Gasteiger partial charge in [0.15, 0.2) is 0 Å². The molecule has 1 saturated carbocycles. The third-order valence-electron chi connectivity index (χ3n) is 6.79. The maximum absolute atomic E-state index is 14.7. The number of rotatable bonds is 5. The van der Waals surface area contributed by atoms with Crippen molar-refractivity contribution in [3.63, 3.8) is 0 Å². The Labute approximate surface area is 202 Å². The number of fused-ring (bicyclic) bond motifs is 1. The zero-order valence-corrected chi connectivity index (χ0v) is 19.5. The van der Waals surface area contributed by atoms with Crippen LogP contribution < -0.4 is 10.9 Å². The van der Waals surface area contributed by atoms with E-state index >= 15 is 0 Å². The zero-order chi connectivity index (χ0) is 23.8. The molecule has 0 aliphatic heterocycles. The van der Waals surface area contributed by atoms with Gasteiger partial charge in [-0.05, 0) is 49.9 Å².